The molecule has 0 aliphatic rings. The Morgan fingerprint density at radius 2 is 1.79 bits per heavy atom. The van der Waals surface area contributed by atoms with Crippen LogP contribution >= 0.6 is 11.3 Å². The highest BCUT2D eigenvalue weighted by Gasteiger charge is 2.17. The van der Waals surface area contributed by atoms with Crippen molar-refractivity contribution in [2.75, 3.05) is 20.2 Å². The van der Waals surface area contributed by atoms with Crippen LogP contribution in [0.5, 0.6) is 5.75 Å². The molecule has 3 aromatic rings. The predicted molar refractivity (Wildman–Crippen MR) is 115 cm³/mol. The van der Waals surface area contributed by atoms with E-state index < -0.39 is 0 Å². The molecule has 4 nitrogen and oxygen atoms in total. The average Bonchev–Trinajstić information content (AvgIpc) is 3.04. The largest absolute Gasteiger partial charge is 0.491 e. The summed E-state index contributed by atoms with van der Waals surface area (Å²) in [7, 11) is 1.82. The van der Waals surface area contributed by atoms with E-state index in [9.17, 15) is 4.79 Å². The zero-order valence-corrected chi connectivity index (χ0v) is 17.7. The minimum Gasteiger partial charge on any atom is -0.491 e. The summed E-state index contributed by atoms with van der Waals surface area (Å²) in [4.78, 5) is 20.1. The van der Waals surface area contributed by atoms with Crippen LogP contribution in [0, 0.1) is 20.8 Å². The van der Waals surface area contributed by atoms with Crippen molar-refractivity contribution in [2.45, 2.75) is 27.2 Å². The van der Waals surface area contributed by atoms with Crippen molar-refractivity contribution < 1.29 is 9.53 Å². The van der Waals surface area contributed by atoms with Crippen molar-refractivity contribution in [3.05, 3.63) is 69.5 Å². The second kappa shape index (κ2) is 9.02. The van der Waals surface area contributed by atoms with Crippen molar-refractivity contribution in [3.8, 4) is 17.0 Å². The molecule has 28 heavy (non-hydrogen) atoms. The van der Waals surface area contributed by atoms with E-state index in [1.54, 1.807) is 16.2 Å². The van der Waals surface area contributed by atoms with Crippen molar-refractivity contribution in [1.82, 2.24) is 9.88 Å². The number of para-hydroxylation sites is 1. The van der Waals surface area contributed by atoms with Gasteiger partial charge in [0, 0.05) is 17.5 Å². The molecule has 0 atom stereocenters. The number of nitrogens with zero attached hydrogens (tertiary/aromatic N) is 2. The summed E-state index contributed by atoms with van der Waals surface area (Å²) in [6.07, 6.45) is 0.357. The summed E-state index contributed by atoms with van der Waals surface area (Å²) in [5.41, 5.74) is 4.28. The predicted octanol–water partition coefficient (Wildman–Crippen LogP) is 4.82. The van der Waals surface area contributed by atoms with Gasteiger partial charge in [0.05, 0.1) is 23.7 Å². The molecule has 2 aromatic carbocycles. The van der Waals surface area contributed by atoms with Gasteiger partial charge in [-0.2, -0.15) is 0 Å². The first-order valence-corrected chi connectivity index (χ1v) is 10.2. The first kappa shape index (κ1) is 20.1. The minimum absolute atomic E-state index is 0.0744. The highest BCUT2D eigenvalue weighted by molar-refractivity contribution is 7.12. The molecular formula is C23H26N2O2S. The van der Waals surface area contributed by atoms with Gasteiger partial charge in [0.15, 0.2) is 0 Å². The third kappa shape index (κ3) is 4.98. The first-order valence-electron chi connectivity index (χ1n) is 9.40. The summed E-state index contributed by atoms with van der Waals surface area (Å²) in [6, 6.07) is 16.2. The maximum Gasteiger partial charge on any atom is 0.227 e. The normalized spacial score (nSPS) is 10.7. The molecule has 0 saturated carbocycles. The van der Waals surface area contributed by atoms with Gasteiger partial charge < -0.3 is 9.64 Å². The Kier molecular flexibility index (Phi) is 6.47. The van der Waals surface area contributed by atoms with Crippen LogP contribution in [-0.4, -0.2) is 36.0 Å². The summed E-state index contributed by atoms with van der Waals surface area (Å²) < 4.78 is 5.81. The molecule has 1 heterocycles. The van der Waals surface area contributed by atoms with Gasteiger partial charge in [-0.15, -0.1) is 11.3 Å². The fraction of sp³-hybridized carbons (Fsp3) is 0.304. The van der Waals surface area contributed by atoms with Crippen molar-refractivity contribution in [1.29, 1.82) is 0 Å². The van der Waals surface area contributed by atoms with Gasteiger partial charge in [-0.3, -0.25) is 4.79 Å². The Morgan fingerprint density at radius 3 is 2.50 bits per heavy atom. The van der Waals surface area contributed by atoms with E-state index in [4.69, 9.17) is 4.74 Å². The number of amides is 1. The quantitative estimate of drug-likeness (QED) is 0.577. The topological polar surface area (TPSA) is 42.4 Å². The highest BCUT2D eigenvalue weighted by atomic mass is 32.1. The number of hydrogen-bond donors (Lipinski definition) is 0. The van der Waals surface area contributed by atoms with Crippen LogP contribution in [0.25, 0.3) is 11.3 Å². The molecule has 5 heteroatoms. The van der Waals surface area contributed by atoms with Gasteiger partial charge in [-0.1, -0.05) is 48.0 Å². The number of benzene rings is 2. The van der Waals surface area contributed by atoms with Gasteiger partial charge in [0.1, 0.15) is 12.4 Å². The lowest BCUT2D eigenvalue weighted by atomic mass is 10.1. The van der Waals surface area contributed by atoms with E-state index in [1.807, 2.05) is 45.2 Å². The minimum atomic E-state index is 0.0744. The van der Waals surface area contributed by atoms with Crippen LogP contribution in [0.3, 0.4) is 0 Å². The molecule has 0 aliphatic carbocycles. The average molecular weight is 395 g/mol. The second-order valence-electron chi connectivity index (χ2n) is 6.98. The lowest BCUT2D eigenvalue weighted by Gasteiger charge is -2.18. The molecule has 1 amide bonds. The number of likely N-dealkylation sites (N-methyl/N-ethyl adjacent to an activating group) is 1. The fourth-order valence-electron chi connectivity index (χ4n) is 2.93. The lowest BCUT2D eigenvalue weighted by molar-refractivity contribution is -0.129. The van der Waals surface area contributed by atoms with Gasteiger partial charge in [0.2, 0.25) is 5.91 Å². The van der Waals surface area contributed by atoms with E-state index in [1.165, 1.54) is 5.56 Å². The standard InChI is InChI=1S/C23H26N2O2S/c1-16-9-11-19(12-10-16)23-21(28-18(3)24-23)15-22(26)25(4)13-14-27-20-8-6-5-7-17(20)2/h5-12H,13-15H2,1-4H3. The van der Waals surface area contributed by atoms with Crippen LogP contribution in [0.2, 0.25) is 0 Å². The van der Waals surface area contributed by atoms with Crippen LogP contribution < -0.4 is 4.74 Å². The maximum atomic E-state index is 12.7. The molecule has 0 aliphatic heterocycles. The summed E-state index contributed by atoms with van der Waals surface area (Å²) in [5.74, 6) is 0.938. The van der Waals surface area contributed by atoms with Gasteiger partial charge >= 0.3 is 0 Å². The molecule has 0 fully saturated rings. The summed E-state index contributed by atoms with van der Waals surface area (Å²) in [6.45, 7) is 7.08. The Labute approximate surface area is 170 Å². The smallest absolute Gasteiger partial charge is 0.227 e. The first-order chi connectivity index (χ1) is 13.4. The summed E-state index contributed by atoms with van der Waals surface area (Å²) in [5, 5.41) is 0.976. The van der Waals surface area contributed by atoms with Crippen LogP contribution in [0.15, 0.2) is 48.5 Å². The van der Waals surface area contributed by atoms with E-state index >= 15 is 0 Å². The molecule has 0 saturated heterocycles. The third-order valence-electron chi connectivity index (χ3n) is 4.64. The van der Waals surface area contributed by atoms with E-state index in [2.05, 4.69) is 36.2 Å². The van der Waals surface area contributed by atoms with Crippen molar-refractivity contribution in [3.63, 3.8) is 0 Å². The number of hydrogen-bond acceptors (Lipinski definition) is 4. The molecule has 0 unspecified atom stereocenters. The van der Waals surface area contributed by atoms with Gasteiger partial charge in [0.25, 0.3) is 0 Å². The SMILES string of the molecule is Cc1ccc(-c2nc(C)sc2CC(=O)N(C)CCOc2ccccc2C)cc1. The van der Waals surface area contributed by atoms with Gasteiger partial charge in [-0.05, 0) is 32.4 Å². The highest BCUT2D eigenvalue weighted by Crippen LogP contribution is 2.29. The second-order valence-corrected chi connectivity index (χ2v) is 8.26. The maximum absolute atomic E-state index is 12.7. The third-order valence-corrected chi connectivity index (χ3v) is 5.62. The molecule has 1 aromatic heterocycles. The molecule has 0 spiro atoms. The van der Waals surface area contributed by atoms with E-state index in [-0.39, 0.29) is 5.91 Å². The number of thiazole rings is 1. The molecule has 0 radical (unpaired) electrons. The number of ether oxygens (including phenoxy) is 1. The fourth-order valence-corrected chi connectivity index (χ4v) is 3.88. The zero-order chi connectivity index (χ0) is 20.1. The Bertz CT molecular complexity index is 947. The number of aromatic nitrogens is 1. The summed E-state index contributed by atoms with van der Waals surface area (Å²) >= 11 is 1.59. The number of carbonyl (C=O) groups excluding carboxylic acids is 1. The molecule has 146 valence electrons. The van der Waals surface area contributed by atoms with Crippen molar-refractivity contribution >= 4 is 17.2 Å². The Morgan fingerprint density at radius 1 is 1.07 bits per heavy atom. The molecule has 0 N–H and O–H groups in total. The monoisotopic (exact) mass is 394 g/mol. The number of aryl methyl sites for hydroxylation is 3. The lowest BCUT2D eigenvalue weighted by Crippen LogP contribution is -2.32. The number of carbonyl (C=O) groups is 1. The van der Waals surface area contributed by atoms with Gasteiger partial charge in [-0.25, -0.2) is 4.98 Å². The van der Waals surface area contributed by atoms with E-state index in [0.29, 0.717) is 19.6 Å². The molecule has 0 bridgehead atoms. The van der Waals surface area contributed by atoms with Crippen LogP contribution in [-0.2, 0) is 11.2 Å². The number of rotatable bonds is 7. The molecular weight excluding hydrogens is 368 g/mol. The van der Waals surface area contributed by atoms with Crippen LogP contribution in [0.4, 0.5) is 0 Å². The molecule has 3 rings (SSSR count). The van der Waals surface area contributed by atoms with Crippen LogP contribution in [0.1, 0.15) is 21.0 Å². The Balaban J connectivity index is 1.61. The zero-order valence-electron chi connectivity index (χ0n) is 16.9. The Hall–Kier alpha value is -2.66. The van der Waals surface area contributed by atoms with Crippen molar-refractivity contribution in [2.24, 2.45) is 0 Å². The van der Waals surface area contributed by atoms with E-state index in [0.717, 1.165) is 32.5 Å².